The monoisotopic (exact) mass is 269 g/mol. The maximum absolute atomic E-state index is 11.5. The Balaban J connectivity index is 2.64. The summed E-state index contributed by atoms with van der Waals surface area (Å²) in [5, 5.41) is 11.5. The van der Waals surface area contributed by atoms with Crippen LogP contribution in [0.3, 0.4) is 0 Å². The molecule has 1 aromatic rings. The van der Waals surface area contributed by atoms with Crippen LogP contribution in [0.4, 0.5) is 0 Å². The van der Waals surface area contributed by atoms with E-state index in [1.807, 2.05) is 18.4 Å². The fourth-order valence-corrected chi connectivity index (χ4v) is 2.35. The zero-order chi connectivity index (χ0) is 13.5. The molecule has 7 heteroatoms. The van der Waals surface area contributed by atoms with E-state index in [1.165, 1.54) is 11.8 Å². The largest absolute Gasteiger partial charge is 0.352 e. The van der Waals surface area contributed by atoms with Gasteiger partial charge in [-0.05, 0) is 13.8 Å². The molecule has 6 nitrogen and oxygen atoms in total. The molecule has 0 aliphatic heterocycles. The van der Waals surface area contributed by atoms with Crippen LogP contribution in [0.2, 0.25) is 0 Å². The van der Waals surface area contributed by atoms with Crippen molar-refractivity contribution in [3.05, 3.63) is 18.5 Å². The topological polar surface area (TPSA) is 85.8 Å². The summed E-state index contributed by atoms with van der Waals surface area (Å²) in [6, 6.07) is 0.220. The molecule has 0 bridgehead atoms. The Labute approximate surface area is 111 Å². The van der Waals surface area contributed by atoms with Gasteiger partial charge in [0.2, 0.25) is 5.91 Å². The Morgan fingerprint density at radius 1 is 1.61 bits per heavy atom. The van der Waals surface area contributed by atoms with Crippen molar-refractivity contribution in [1.29, 1.82) is 0 Å². The van der Waals surface area contributed by atoms with E-state index < -0.39 is 0 Å². The Kier molecular flexibility index (Phi) is 5.87. The highest BCUT2D eigenvalue weighted by Crippen LogP contribution is 2.20. The van der Waals surface area contributed by atoms with E-state index in [2.05, 4.69) is 22.1 Å². The molecule has 0 spiro atoms. The van der Waals surface area contributed by atoms with Gasteiger partial charge in [-0.2, -0.15) is 0 Å². The van der Waals surface area contributed by atoms with E-state index in [0.717, 1.165) is 11.0 Å². The minimum Gasteiger partial charge on any atom is -0.352 e. The molecule has 1 heterocycles. The minimum absolute atomic E-state index is 0.0486. The summed E-state index contributed by atoms with van der Waals surface area (Å²) in [6.45, 7) is 8.42. The maximum Gasteiger partial charge on any atom is 0.230 e. The molecule has 1 amide bonds. The highest BCUT2D eigenvalue weighted by atomic mass is 32.2. The maximum atomic E-state index is 11.5. The molecule has 0 saturated carbocycles. The summed E-state index contributed by atoms with van der Waals surface area (Å²) in [5.41, 5.74) is 5.60. The quantitative estimate of drug-likeness (QED) is 0.562. The van der Waals surface area contributed by atoms with Crippen molar-refractivity contribution >= 4 is 17.7 Å². The Hall–Kier alpha value is -1.34. The molecular weight excluding hydrogens is 250 g/mol. The number of hydrogen-bond acceptors (Lipinski definition) is 5. The first-order chi connectivity index (χ1) is 8.60. The fraction of sp³-hybridized carbons (Fsp3) is 0.545. The molecule has 0 radical (unpaired) electrons. The second kappa shape index (κ2) is 7.17. The predicted molar refractivity (Wildman–Crippen MR) is 72.2 cm³/mol. The predicted octanol–water partition coefficient (Wildman–Crippen LogP) is 0.712. The fourth-order valence-electron chi connectivity index (χ4n) is 1.43. The third kappa shape index (κ3) is 3.85. The van der Waals surface area contributed by atoms with Gasteiger partial charge in [-0.3, -0.25) is 4.79 Å². The first-order valence-electron chi connectivity index (χ1n) is 5.74. The lowest BCUT2D eigenvalue weighted by atomic mass is 10.4. The Morgan fingerprint density at radius 3 is 2.89 bits per heavy atom. The van der Waals surface area contributed by atoms with Gasteiger partial charge in [-0.1, -0.05) is 17.8 Å². The zero-order valence-corrected chi connectivity index (χ0v) is 11.5. The van der Waals surface area contributed by atoms with Gasteiger partial charge in [0.25, 0.3) is 0 Å². The van der Waals surface area contributed by atoms with Gasteiger partial charge in [0, 0.05) is 12.6 Å². The summed E-state index contributed by atoms with van der Waals surface area (Å²) < 4.78 is 1.95. The number of carbonyl (C=O) groups excluding carboxylic acids is 1. The molecule has 0 saturated heterocycles. The van der Waals surface area contributed by atoms with Crippen LogP contribution >= 0.6 is 11.8 Å². The molecule has 18 heavy (non-hydrogen) atoms. The molecule has 3 N–H and O–H groups in total. The van der Waals surface area contributed by atoms with Crippen LogP contribution in [-0.2, 0) is 11.3 Å². The van der Waals surface area contributed by atoms with Gasteiger partial charge < -0.3 is 15.6 Å². The number of hydrogen-bond donors (Lipinski definition) is 2. The van der Waals surface area contributed by atoms with Crippen molar-refractivity contribution in [2.45, 2.75) is 31.6 Å². The third-order valence-corrected chi connectivity index (χ3v) is 3.15. The summed E-state index contributed by atoms with van der Waals surface area (Å²) in [4.78, 5) is 11.5. The van der Waals surface area contributed by atoms with Crippen LogP contribution in [0.5, 0.6) is 0 Å². The minimum atomic E-state index is -0.0486. The normalized spacial score (nSPS) is 10.7. The summed E-state index contributed by atoms with van der Waals surface area (Å²) in [7, 11) is 0. The molecule has 1 aromatic heterocycles. The molecule has 0 aliphatic rings. The lowest BCUT2D eigenvalue weighted by Gasteiger charge is -2.12. The molecule has 0 atom stereocenters. The summed E-state index contributed by atoms with van der Waals surface area (Å²) in [5.74, 6) is 0.995. The van der Waals surface area contributed by atoms with Gasteiger partial charge in [-0.15, -0.1) is 16.8 Å². The van der Waals surface area contributed by atoms with Gasteiger partial charge in [0.15, 0.2) is 5.16 Å². The molecule has 1 rings (SSSR count). The van der Waals surface area contributed by atoms with Crippen LogP contribution in [0.25, 0.3) is 0 Å². The molecule has 0 unspecified atom stereocenters. The molecule has 100 valence electrons. The number of aromatic nitrogens is 3. The average Bonchev–Trinajstić information content (AvgIpc) is 2.76. The Morgan fingerprint density at radius 2 is 2.33 bits per heavy atom. The van der Waals surface area contributed by atoms with Crippen molar-refractivity contribution in [2.75, 3.05) is 12.3 Å². The molecule has 0 aliphatic carbocycles. The SMILES string of the molecule is C=CCNC(=O)CSc1nnc(CN)n1C(C)C. The average molecular weight is 269 g/mol. The van der Waals surface area contributed by atoms with Crippen LogP contribution < -0.4 is 11.1 Å². The van der Waals surface area contributed by atoms with Crippen LogP contribution in [0.15, 0.2) is 17.8 Å². The number of carbonyl (C=O) groups is 1. The highest BCUT2D eigenvalue weighted by Gasteiger charge is 2.15. The van der Waals surface area contributed by atoms with Gasteiger partial charge >= 0.3 is 0 Å². The zero-order valence-electron chi connectivity index (χ0n) is 10.7. The van der Waals surface area contributed by atoms with E-state index >= 15 is 0 Å². The Bertz CT molecular complexity index is 416. The third-order valence-electron chi connectivity index (χ3n) is 2.21. The van der Waals surface area contributed by atoms with Crippen molar-refractivity contribution in [1.82, 2.24) is 20.1 Å². The van der Waals surface area contributed by atoms with E-state index in [4.69, 9.17) is 5.73 Å². The molecule has 0 aromatic carbocycles. The number of nitrogens with zero attached hydrogens (tertiary/aromatic N) is 3. The van der Waals surface area contributed by atoms with E-state index in [-0.39, 0.29) is 11.9 Å². The number of rotatable bonds is 7. The summed E-state index contributed by atoms with van der Waals surface area (Å²) in [6.07, 6.45) is 1.64. The van der Waals surface area contributed by atoms with Crippen molar-refractivity contribution in [2.24, 2.45) is 5.73 Å². The van der Waals surface area contributed by atoms with Gasteiger partial charge in [-0.25, -0.2) is 0 Å². The first kappa shape index (κ1) is 14.7. The van der Waals surface area contributed by atoms with Crippen molar-refractivity contribution < 1.29 is 4.79 Å². The standard InChI is InChI=1S/C11H19N5OS/c1-4-5-13-10(17)7-18-11-15-14-9(6-12)16(11)8(2)3/h4,8H,1,5-7,12H2,2-3H3,(H,13,17). The van der Waals surface area contributed by atoms with Crippen molar-refractivity contribution in [3.63, 3.8) is 0 Å². The van der Waals surface area contributed by atoms with E-state index in [9.17, 15) is 4.79 Å². The van der Waals surface area contributed by atoms with Crippen LogP contribution in [0, 0.1) is 0 Å². The van der Waals surface area contributed by atoms with Crippen LogP contribution in [-0.4, -0.2) is 33.0 Å². The number of nitrogens with two attached hydrogens (primary N) is 1. The van der Waals surface area contributed by atoms with E-state index in [0.29, 0.717) is 18.8 Å². The smallest absolute Gasteiger partial charge is 0.230 e. The summed E-state index contributed by atoms with van der Waals surface area (Å²) >= 11 is 1.36. The number of amides is 1. The number of nitrogens with one attached hydrogen (secondary N) is 1. The molecule has 0 fully saturated rings. The second-order valence-corrected chi connectivity index (χ2v) is 4.89. The van der Waals surface area contributed by atoms with Gasteiger partial charge in [0.05, 0.1) is 12.3 Å². The molecular formula is C11H19N5OS. The first-order valence-corrected chi connectivity index (χ1v) is 6.73. The highest BCUT2D eigenvalue weighted by molar-refractivity contribution is 7.99. The lowest BCUT2D eigenvalue weighted by molar-refractivity contribution is -0.118. The lowest BCUT2D eigenvalue weighted by Crippen LogP contribution is -2.25. The van der Waals surface area contributed by atoms with Crippen molar-refractivity contribution in [3.8, 4) is 0 Å². The number of thioether (sulfide) groups is 1. The van der Waals surface area contributed by atoms with Gasteiger partial charge in [0.1, 0.15) is 5.82 Å². The van der Waals surface area contributed by atoms with Crippen LogP contribution in [0.1, 0.15) is 25.7 Å². The van der Waals surface area contributed by atoms with E-state index in [1.54, 1.807) is 6.08 Å². The second-order valence-electron chi connectivity index (χ2n) is 3.95.